The highest BCUT2D eigenvalue weighted by molar-refractivity contribution is 6.00. The molecule has 2 rings (SSSR count). The molecule has 84 valence electrons. The van der Waals surface area contributed by atoms with Crippen LogP contribution in [0.3, 0.4) is 0 Å². The Morgan fingerprint density at radius 1 is 1.31 bits per heavy atom. The van der Waals surface area contributed by atoms with Crippen molar-refractivity contribution in [1.82, 2.24) is 9.88 Å². The van der Waals surface area contributed by atoms with E-state index in [0.29, 0.717) is 19.5 Å². The molecule has 1 fully saturated rings. The number of likely N-dealkylation sites (tertiary alicyclic amines) is 1. The first kappa shape index (κ1) is 10.8. The van der Waals surface area contributed by atoms with Crippen LogP contribution in [0.4, 0.5) is 0 Å². The van der Waals surface area contributed by atoms with Gasteiger partial charge in [-0.1, -0.05) is 6.07 Å². The first-order valence-corrected chi connectivity index (χ1v) is 5.45. The van der Waals surface area contributed by atoms with Gasteiger partial charge in [-0.15, -0.1) is 0 Å². The van der Waals surface area contributed by atoms with Gasteiger partial charge in [-0.25, -0.2) is 0 Å². The Hall–Kier alpha value is -1.71. The zero-order chi connectivity index (χ0) is 11.4. The highest BCUT2D eigenvalue weighted by Crippen LogP contribution is 2.08. The minimum absolute atomic E-state index is 0.0489. The van der Waals surface area contributed by atoms with E-state index < -0.39 is 0 Å². The standard InChI is InChI=1S/C12H14N2O2/c15-11-5-8-14(12(16)9-11)7-4-10-3-1-2-6-13-10/h1-3,6H,4-5,7-9H2. The lowest BCUT2D eigenvalue weighted by atomic mass is 10.1. The van der Waals surface area contributed by atoms with Crippen LogP contribution in [0.5, 0.6) is 0 Å². The van der Waals surface area contributed by atoms with Crippen LogP contribution in [0.25, 0.3) is 0 Å². The summed E-state index contributed by atoms with van der Waals surface area (Å²) < 4.78 is 0. The molecule has 0 unspecified atom stereocenters. The Balaban J connectivity index is 1.87. The predicted molar refractivity (Wildman–Crippen MR) is 58.8 cm³/mol. The minimum atomic E-state index is -0.0489. The van der Waals surface area contributed by atoms with Crippen LogP contribution in [0.15, 0.2) is 24.4 Å². The Bertz CT molecular complexity index is 389. The second-order valence-corrected chi connectivity index (χ2v) is 3.92. The molecule has 0 radical (unpaired) electrons. The van der Waals surface area contributed by atoms with Gasteiger partial charge < -0.3 is 4.90 Å². The highest BCUT2D eigenvalue weighted by atomic mass is 16.2. The fourth-order valence-corrected chi connectivity index (χ4v) is 1.79. The van der Waals surface area contributed by atoms with E-state index in [1.807, 2.05) is 18.2 Å². The maximum Gasteiger partial charge on any atom is 0.230 e. The van der Waals surface area contributed by atoms with Crippen LogP contribution in [-0.4, -0.2) is 34.7 Å². The molecule has 1 aliphatic rings. The fourth-order valence-electron chi connectivity index (χ4n) is 1.79. The van der Waals surface area contributed by atoms with E-state index in [1.165, 1.54) is 0 Å². The SMILES string of the molecule is O=C1CCN(CCc2ccccn2)C(=O)C1. The number of piperidine rings is 1. The number of hydrogen-bond donors (Lipinski definition) is 0. The van der Waals surface area contributed by atoms with E-state index >= 15 is 0 Å². The third-order valence-corrected chi connectivity index (χ3v) is 2.73. The van der Waals surface area contributed by atoms with E-state index in [4.69, 9.17) is 0 Å². The van der Waals surface area contributed by atoms with Gasteiger partial charge in [-0.05, 0) is 12.1 Å². The van der Waals surface area contributed by atoms with Crippen LogP contribution in [0.2, 0.25) is 0 Å². The summed E-state index contributed by atoms with van der Waals surface area (Å²) >= 11 is 0. The normalized spacial score (nSPS) is 16.6. The topological polar surface area (TPSA) is 50.3 Å². The summed E-state index contributed by atoms with van der Waals surface area (Å²) in [6.07, 6.45) is 3.06. The Kier molecular flexibility index (Phi) is 3.29. The van der Waals surface area contributed by atoms with E-state index in [1.54, 1.807) is 11.1 Å². The van der Waals surface area contributed by atoms with Crippen LogP contribution in [0.1, 0.15) is 18.5 Å². The van der Waals surface area contributed by atoms with Gasteiger partial charge in [0.2, 0.25) is 5.91 Å². The molecule has 1 aromatic rings. The third kappa shape index (κ3) is 2.66. The summed E-state index contributed by atoms with van der Waals surface area (Å²) in [4.78, 5) is 28.5. The number of carbonyl (C=O) groups excluding carboxylic acids is 2. The van der Waals surface area contributed by atoms with Crippen LogP contribution >= 0.6 is 0 Å². The summed E-state index contributed by atoms with van der Waals surface area (Å²) in [6, 6.07) is 5.75. The number of carbonyl (C=O) groups is 2. The van der Waals surface area contributed by atoms with E-state index in [2.05, 4.69) is 4.98 Å². The molecule has 2 heterocycles. The number of aromatic nitrogens is 1. The summed E-state index contributed by atoms with van der Waals surface area (Å²) in [5, 5.41) is 0. The number of rotatable bonds is 3. The molecule has 16 heavy (non-hydrogen) atoms. The van der Waals surface area contributed by atoms with Gasteiger partial charge in [0.15, 0.2) is 0 Å². The molecule has 0 atom stereocenters. The van der Waals surface area contributed by atoms with Crippen molar-refractivity contribution in [1.29, 1.82) is 0 Å². The number of amides is 1. The molecular formula is C12H14N2O2. The molecule has 1 aromatic heterocycles. The zero-order valence-electron chi connectivity index (χ0n) is 9.06. The van der Waals surface area contributed by atoms with Crippen molar-refractivity contribution in [2.45, 2.75) is 19.3 Å². The van der Waals surface area contributed by atoms with Gasteiger partial charge >= 0.3 is 0 Å². The van der Waals surface area contributed by atoms with Crippen LogP contribution in [-0.2, 0) is 16.0 Å². The minimum Gasteiger partial charge on any atom is -0.341 e. The molecule has 4 nitrogen and oxygen atoms in total. The molecular weight excluding hydrogens is 204 g/mol. The maximum atomic E-state index is 11.5. The molecule has 4 heteroatoms. The van der Waals surface area contributed by atoms with Crippen molar-refractivity contribution in [2.24, 2.45) is 0 Å². The lowest BCUT2D eigenvalue weighted by Gasteiger charge is -2.25. The van der Waals surface area contributed by atoms with Crippen molar-refractivity contribution >= 4 is 11.7 Å². The van der Waals surface area contributed by atoms with Crippen molar-refractivity contribution in [2.75, 3.05) is 13.1 Å². The van der Waals surface area contributed by atoms with E-state index in [0.717, 1.165) is 12.1 Å². The highest BCUT2D eigenvalue weighted by Gasteiger charge is 2.22. The van der Waals surface area contributed by atoms with E-state index in [9.17, 15) is 9.59 Å². The monoisotopic (exact) mass is 218 g/mol. The molecule has 1 aliphatic heterocycles. The number of nitrogens with zero attached hydrogens (tertiary/aromatic N) is 2. The van der Waals surface area contributed by atoms with Gasteiger partial charge in [0, 0.05) is 37.8 Å². The first-order chi connectivity index (χ1) is 7.75. The Morgan fingerprint density at radius 3 is 2.88 bits per heavy atom. The summed E-state index contributed by atoms with van der Waals surface area (Å²) in [7, 11) is 0. The molecule has 1 saturated heterocycles. The maximum absolute atomic E-state index is 11.5. The quantitative estimate of drug-likeness (QED) is 0.706. The fraction of sp³-hybridized carbons (Fsp3) is 0.417. The Morgan fingerprint density at radius 2 is 2.19 bits per heavy atom. The third-order valence-electron chi connectivity index (χ3n) is 2.73. The average molecular weight is 218 g/mol. The number of hydrogen-bond acceptors (Lipinski definition) is 3. The average Bonchev–Trinajstić information content (AvgIpc) is 2.29. The molecule has 1 amide bonds. The summed E-state index contributed by atoms with van der Waals surface area (Å²) in [6.45, 7) is 1.22. The van der Waals surface area contributed by atoms with Gasteiger partial charge in [0.1, 0.15) is 5.78 Å². The molecule has 0 aromatic carbocycles. The first-order valence-electron chi connectivity index (χ1n) is 5.45. The van der Waals surface area contributed by atoms with Gasteiger partial charge in [0.25, 0.3) is 0 Å². The predicted octanol–water partition coefficient (Wildman–Crippen LogP) is 0.816. The van der Waals surface area contributed by atoms with Crippen molar-refractivity contribution in [3.05, 3.63) is 30.1 Å². The second kappa shape index (κ2) is 4.88. The Labute approximate surface area is 94.3 Å². The number of Topliss-reactive ketones (excluding diaryl/α,β-unsaturated/α-hetero) is 1. The summed E-state index contributed by atoms with van der Waals surface area (Å²) in [5.74, 6) is 0.00580. The molecule has 0 bridgehead atoms. The second-order valence-electron chi connectivity index (χ2n) is 3.92. The smallest absolute Gasteiger partial charge is 0.230 e. The number of ketones is 1. The van der Waals surface area contributed by atoms with Gasteiger partial charge in [-0.2, -0.15) is 0 Å². The molecule has 0 spiro atoms. The van der Waals surface area contributed by atoms with Crippen LogP contribution in [0, 0.1) is 0 Å². The van der Waals surface area contributed by atoms with Crippen molar-refractivity contribution in [3.63, 3.8) is 0 Å². The van der Waals surface area contributed by atoms with E-state index in [-0.39, 0.29) is 18.1 Å². The molecule has 0 saturated carbocycles. The van der Waals surface area contributed by atoms with Gasteiger partial charge in [-0.3, -0.25) is 14.6 Å². The van der Waals surface area contributed by atoms with Crippen molar-refractivity contribution < 1.29 is 9.59 Å². The largest absolute Gasteiger partial charge is 0.341 e. The molecule has 0 N–H and O–H groups in total. The molecule has 0 aliphatic carbocycles. The lowest BCUT2D eigenvalue weighted by Crippen LogP contribution is -2.40. The lowest BCUT2D eigenvalue weighted by molar-refractivity contribution is -0.139. The van der Waals surface area contributed by atoms with Crippen LogP contribution < -0.4 is 0 Å². The van der Waals surface area contributed by atoms with Gasteiger partial charge in [0.05, 0.1) is 6.42 Å². The zero-order valence-corrected chi connectivity index (χ0v) is 9.06. The number of pyridine rings is 1. The van der Waals surface area contributed by atoms with Crippen molar-refractivity contribution in [3.8, 4) is 0 Å². The summed E-state index contributed by atoms with van der Waals surface area (Å²) in [5.41, 5.74) is 0.979.